The fraction of sp³-hybridized carbons (Fsp3) is 0.333. The Hall–Kier alpha value is -2.00. The minimum atomic E-state index is 0.257. The smallest absolute Gasteiger partial charge is 0.123 e. The van der Waals surface area contributed by atoms with Gasteiger partial charge in [0.05, 0.1) is 13.2 Å². The maximum atomic E-state index is 5.50. The minimum Gasteiger partial charge on any atom is -0.496 e. The summed E-state index contributed by atoms with van der Waals surface area (Å²) < 4.78 is 5.50. The third-order valence-corrected chi connectivity index (χ3v) is 4.25. The van der Waals surface area contributed by atoms with Crippen LogP contribution in [0.25, 0.3) is 0 Å². The fourth-order valence-corrected chi connectivity index (χ4v) is 3.12. The van der Waals surface area contributed by atoms with E-state index in [0.717, 1.165) is 25.3 Å². The van der Waals surface area contributed by atoms with Crippen LogP contribution in [-0.2, 0) is 6.42 Å². The quantitative estimate of drug-likeness (QED) is 0.912. The Morgan fingerprint density at radius 1 is 1.14 bits per heavy atom. The highest BCUT2D eigenvalue weighted by Gasteiger charge is 2.23. The molecule has 1 aliphatic rings. The van der Waals surface area contributed by atoms with Gasteiger partial charge in [0.15, 0.2) is 0 Å². The molecule has 0 radical (unpaired) electrons. The van der Waals surface area contributed by atoms with E-state index in [1.54, 1.807) is 7.11 Å². The van der Waals surface area contributed by atoms with Crippen LogP contribution in [0.15, 0.2) is 48.5 Å². The third kappa shape index (κ3) is 2.74. The van der Waals surface area contributed by atoms with Crippen LogP contribution in [0.4, 0.5) is 5.69 Å². The Kier molecular flexibility index (Phi) is 4.11. The van der Waals surface area contributed by atoms with Gasteiger partial charge in [0.2, 0.25) is 0 Å². The molecule has 1 atom stereocenters. The molecule has 1 heterocycles. The molecule has 1 N–H and O–H groups in total. The van der Waals surface area contributed by atoms with Gasteiger partial charge in [-0.25, -0.2) is 0 Å². The Balaban J connectivity index is 1.83. The van der Waals surface area contributed by atoms with Crippen molar-refractivity contribution < 1.29 is 4.74 Å². The highest BCUT2D eigenvalue weighted by atomic mass is 16.5. The Bertz CT molecular complexity index is 612. The van der Waals surface area contributed by atoms with E-state index in [2.05, 4.69) is 46.6 Å². The molecule has 110 valence electrons. The van der Waals surface area contributed by atoms with Crippen molar-refractivity contribution in [2.45, 2.75) is 12.5 Å². The Labute approximate surface area is 126 Å². The number of nitrogens with one attached hydrogen (secondary N) is 1. The van der Waals surface area contributed by atoms with Gasteiger partial charge in [-0.1, -0.05) is 36.4 Å². The number of anilines is 1. The van der Waals surface area contributed by atoms with Gasteiger partial charge in [-0.05, 0) is 31.2 Å². The summed E-state index contributed by atoms with van der Waals surface area (Å²) >= 11 is 0. The molecule has 0 saturated heterocycles. The SMILES string of the molecule is CNC(CN1CCc2ccccc21)c1ccccc1OC. The zero-order chi connectivity index (χ0) is 14.7. The lowest BCUT2D eigenvalue weighted by Crippen LogP contribution is -2.33. The van der Waals surface area contributed by atoms with Crippen molar-refractivity contribution in [1.29, 1.82) is 0 Å². The molecular weight excluding hydrogens is 260 g/mol. The summed E-state index contributed by atoms with van der Waals surface area (Å²) in [5, 5.41) is 3.43. The number of hydrogen-bond donors (Lipinski definition) is 1. The molecule has 3 nitrogen and oxygen atoms in total. The number of ether oxygens (including phenoxy) is 1. The number of benzene rings is 2. The number of rotatable bonds is 5. The molecule has 2 aromatic carbocycles. The van der Waals surface area contributed by atoms with Gasteiger partial charge in [0.25, 0.3) is 0 Å². The summed E-state index contributed by atoms with van der Waals surface area (Å²) in [7, 11) is 3.75. The first-order valence-corrected chi connectivity index (χ1v) is 7.46. The molecule has 3 heteroatoms. The van der Waals surface area contributed by atoms with E-state index >= 15 is 0 Å². The summed E-state index contributed by atoms with van der Waals surface area (Å²) in [4.78, 5) is 2.46. The van der Waals surface area contributed by atoms with E-state index in [1.807, 2.05) is 19.2 Å². The first-order chi connectivity index (χ1) is 10.3. The first kappa shape index (κ1) is 14.0. The second-order valence-corrected chi connectivity index (χ2v) is 5.41. The summed E-state index contributed by atoms with van der Waals surface area (Å²) in [5.74, 6) is 0.948. The predicted molar refractivity (Wildman–Crippen MR) is 87.2 cm³/mol. The fourth-order valence-electron chi connectivity index (χ4n) is 3.12. The van der Waals surface area contributed by atoms with Gasteiger partial charge in [0.1, 0.15) is 5.75 Å². The Morgan fingerprint density at radius 3 is 2.71 bits per heavy atom. The van der Waals surface area contributed by atoms with Crippen molar-refractivity contribution in [3.63, 3.8) is 0 Å². The number of methoxy groups -OCH3 is 1. The number of fused-ring (bicyclic) bond motifs is 1. The third-order valence-electron chi connectivity index (χ3n) is 4.25. The van der Waals surface area contributed by atoms with Crippen LogP contribution >= 0.6 is 0 Å². The number of para-hydroxylation sites is 2. The average molecular weight is 282 g/mol. The summed E-state index contributed by atoms with van der Waals surface area (Å²) in [6.07, 6.45) is 1.14. The lowest BCUT2D eigenvalue weighted by molar-refractivity contribution is 0.401. The van der Waals surface area contributed by atoms with Crippen molar-refractivity contribution in [3.05, 3.63) is 59.7 Å². The molecule has 0 aromatic heterocycles. The van der Waals surface area contributed by atoms with Crippen molar-refractivity contribution in [1.82, 2.24) is 5.32 Å². The number of likely N-dealkylation sites (N-methyl/N-ethyl adjacent to an activating group) is 1. The number of nitrogens with zero attached hydrogens (tertiary/aromatic N) is 1. The van der Waals surface area contributed by atoms with Crippen LogP contribution in [-0.4, -0.2) is 27.2 Å². The standard InChI is InChI=1S/C18H22N2O/c1-19-16(15-8-4-6-10-18(15)21-2)13-20-12-11-14-7-3-5-9-17(14)20/h3-10,16,19H,11-13H2,1-2H3. The lowest BCUT2D eigenvalue weighted by Gasteiger charge is -2.27. The first-order valence-electron chi connectivity index (χ1n) is 7.46. The molecule has 0 spiro atoms. The van der Waals surface area contributed by atoms with Crippen LogP contribution in [0.1, 0.15) is 17.2 Å². The van der Waals surface area contributed by atoms with Crippen LogP contribution < -0.4 is 15.0 Å². The molecule has 0 fully saturated rings. The van der Waals surface area contributed by atoms with Gasteiger partial charge in [0, 0.05) is 24.3 Å². The van der Waals surface area contributed by atoms with Crippen LogP contribution in [0.5, 0.6) is 5.75 Å². The van der Waals surface area contributed by atoms with E-state index in [4.69, 9.17) is 4.74 Å². The topological polar surface area (TPSA) is 24.5 Å². The van der Waals surface area contributed by atoms with Crippen LogP contribution in [0, 0.1) is 0 Å². The minimum absolute atomic E-state index is 0.257. The van der Waals surface area contributed by atoms with E-state index < -0.39 is 0 Å². The monoisotopic (exact) mass is 282 g/mol. The second kappa shape index (κ2) is 6.19. The van der Waals surface area contributed by atoms with Crippen LogP contribution in [0.2, 0.25) is 0 Å². The molecule has 21 heavy (non-hydrogen) atoms. The summed E-state index contributed by atoms with van der Waals surface area (Å²) in [6.45, 7) is 2.04. The average Bonchev–Trinajstić information content (AvgIpc) is 2.95. The number of hydrogen-bond acceptors (Lipinski definition) is 3. The molecule has 1 unspecified atom stereocenters. The van der Waals surface area contributed by atoms with Crippen molar-refractivity contribution in [3.8, 4) is 5.75 Å². The normalized spacial score (nSPS) is 14.9. The molecule has 0 bridgehead atoms. The Morgan fingerprint density at radius 2 is 1.90 bits per heavy atom. The zero-order valence-corrected chi connectivity index (χ0v) is 12.7. The highest BCUT2D eigenvalue weighted by molar-refractivity contribution is 5.58. The maximum absolute atomic E-state index is 5.50. The van der Waals surface area contributed by atoms with E-state index in [9.17, 15) is 0 Å². The lowest BCUT2D eigenvalue weighted by atomic mass is 10.1. The zero-order valence-electron chi connectivity index (χ0n) is 12.7. The predicted octanol–water partition coefficient (Wildman–Crippen LogP) is 3.02. The van der Waals surface area contributed by atoms with Crippen molar-refractivity contribution in [2.75, 3.05) is 32.1 Å². The molecule has 0 amide bonds. The van der Waals surface area contributed by atoms with E-state index in [0.29, 0.717) is 0 Å². The molecule has 1 aliphatic heterocycles. The van der Waals surface area contributed by atoms with E-state index in [-0.39, 0.29) is 6.04 Å². The van der Waals surface area contributed by atoms with Crippen molar-refractivity contribution in [2.24, 2.45) is 0 Å². The van der Waals surface area contributed by atoms with Crippen molar-refractivity contribution >= 4 is 5.69 Å². The maximum Gasteiger partial charge on any atom is 0.123 e. The second-order valence-electron chi connectivity index (χ2n) is 5.41. The largest absolute Gasteiger partial charge is 0.496 e. The summed E-state index contributed by atoms with van der Waals surface area (Å²) in [6, 6.07) is 17.2. The summed E-state index contributed by atoms with van der Waals surface area (Å²) in [5.41, 5.74) is 4.03. The van der Waals surface area contributed by atoms with Gasteiger partial charge < -0.3 is 15.0 Å². The van der Waals surface area contributed by atoms with Gasteiger partial charge in [-0.15, -0.1) is 0 Å². The van der Waals surface area contributed by atoms with E-state index in [1.165, 1.54) is 16.8 Å². The van der Waals surface area contributed by atoms with Gasteiger partial charge in [-0.3, -0.25) is 0 Å². The molecule has 0 saturated carbocycles. The highest BCUT2D eigenvalue weighted by Crippen LogP contribution is 2.31. The molecular formula is C18H22N2O. The molecule has 2 aromatic rings. The molecule has 3 rings (SSSR count). The van der Waals surface area contributed by atoms with Crippen LogP contribution in [0.3, 0.4) is 0 Å². The van der Waals surface area contributed by atoms with Gasteiger partial charge in [-0.2, -0.15) is 0 Å². The van der Waals surface area contributed by atoms with Gasteiger partial charge >= 0.3 is 0 Å². The molecule has 0 aliphatic carbocycles.